The summed E-state index contributed by atoms with van der Waals surface area (Å²) in [5.41, 5.74) is 2.10. The number of benzene rings is 2. The molecule has 2 amide bonds. The zero-order chi connectivity index (χ0) is 17.6. The molecule has 1 aromatic heterocycles. The van der Waals surface area contributed by atoms with E-state index in [-0.39, 0.29) is 11.8 Å². The van der Waals surface area contributed by atoms with Crippen LogP contribution < -0.4 is 15.4 Å². The van der Waals surface area contributed by atoms with E-state index in [9.17, 15) is 9.18 Å². The summed E-state index contributed by atoms with van der Waals surface area (Å²) in [5.74, 6) is -0.480. The summed E-state index contributed by atoms with van der Waals surface area (Å²) in [7, 11) is 0. The lowest BCUT2D eigenvalue weighted by molar-refractivity contribution is 0.262. The van der Waals surface area contributed by atoms with E-state index in [1.165, 1.54) is 24.5 Å². The van der Waals surface area contributed by atoms with Gasteiger partial charge in [-0.2, -0.15) is 0 Å². The smallest absolute Gasteiger partial charge is 0.323 e. The first-order valence-corrected chi connectivity index (χ1v) is 7.49. The summed E-state index contributed by atoms with van der Waals surface area (Å²) in [6, 6.07) is 12.9. The quantitative estimate of drug-likeness (QED) is 0.741. The first-order valence-electron chi connectivity index (χ1n) is 7.49. The lowest BCUT2D eigenvalue weighted by atomic mass is 10.2. The number of aryl methyl sites for hydroxylation is 1. The predicted octanol–water partition coefficient (Wildman–Crippen LogP) is 4.36. The number of nitrogens with zero attached hydrogens (tertiary/aromatic N) is 2. The van der Waals surface area contributed by atoms with Crippen LogP contribution in [0, 0.1) is 12.7 Å². The van der Waals surface area contributed by atoms with Gasteiger partial charge in [-0.15, -0.1) is 0 Å². The van der Waals surface area contributed by atoms with Crippen LogP contribution in [0.5, 0.6) is 11.8 Å². The molecule has 3 aromatic rings. The van der Waals surface area contributed by atoms with E-state index in [0.29, 0.717) is 11.4 Å². The zero-order valence-electron chi connectivity index (χ0n) is 13.4. The van der Waals surface area contributed by atoms with Crippen LogP contribution >= 0.6 is 0 Å². The van der Waals surface area contributed by atoms with Crippen molar-refractivity contribution in [3.8, 4) is 11.8 Å². The van der Waals surface area contributed by atoms with Crippen LogP contribution in [0.2, 0.25) is 0 Å². The summed E-state index contributed by atoms with van der Waals surface area (Å²) >= 11 is 0. The standard InChI is InChI=1S/C18H15FN4O2/c1-12-5-4-6-13(9-12)22-17(24)23-14-10-20-18(21-11-14)25-16-8-3-2-7-15(16)19/h2-11H,1H3,(H2,22,23,24). The molecular weight excluding hydrogens is 323 g/mol. The number of carbonyl (C=O) groups is 1. The van der Waals surface area contributed by atoms with Gasteiger partial charge in [-0.1, -0.05) is 24.3 Å². The van der Waals surface area contributed by atoms with Crippen LogP contribution in [0.25, 0.3) is 0 Å². The molecule has 3 rings (SSSR count). The Morgan fingerprint density at radius 3 is 2.44 bits per heavy atom. The van der Waals surface area contributed by atoms with Crippen LogP contribution in [0.4, 0.5) is 20.6 Å². The number of ether oxygens (including phenoxy) is 1. The van der Waals surface area contributed by atoms with E-state index in [2.05, 4.69) is 20.6 Å². The molecule has 0 aliphatic heterocycles. The maximum atomic E-state index is 13.5. The van der Waals surface area contributed by atoms with E-state index < -0.39 is 11.8 Å². The fourth-order valence-electron chi connectivity index (χ4n) is 2.08. The summed E-state index contributed by atoms with van der Waals surface area (Å²) in [6.07, 6.45) is 2.75. The van der Waals surface area contributed by atoms with Gasteiger partial charge < -0.3 is 15.4 Å². The number of aromatic nitrogens is 2. The van der Waals surface area contributed by atoms with Crippen molar-refractivity contribution in [2.24, 2.45) is 0 Å². The molecule has 25 heavy (non-hydrogen) atoms. The third kappa shape index (κ3) is 4.51. The van der Waals surface area contributed by atoms with Crippen molar-refractivity contribution in [2.75, 3.05) is 10.6 Å². The summed E-state index contributed by atoms with van der Waals surface area (Å²) in [6.45, 7) is 1.94. The summed E-state index contributed by atoms with van der Waals surface area (Å²) < 4.78 is 18.8. The minimum atomic E-state index is -0.508. The van der Waals surface area contributed by atoms with E-state index >= 15 is 0 Å². The van der Waals surface area contributed by atoms with Crippen molar-refractivity contribution in [1.29, 1.82) is 0 Å². The van der Waals surface area contributed by atoms with Gasteiger partial charge in [-0.05, 0) is 36.8 Å². The molecule has 6 nitrogen and oxygen atoms in total. The van der Waals surface area contributed by atoms with Gasteiger partial charge in [-0.25, -0.2) is 19.2 Å². The third-order valence-corrected chi connectivity index (χ3v) is 3.20. The number of nitrogens with one attached hydrogen (secondary N) is 2. The zero-order valence-corrected chi connectivity index (χ0v) is 13.4. The third-order valence-electron chi connectivity index (χ3n) is 3.20. The van der Waals surface area contributed by atoms with Crippen LogP contribution in [-0.2, 0) is 0 Å². The molecule has 1 heterocycles. The molecule has 0 unspecified atom stereocenters. The Labute approximate surface area is 143 Å². The van der Waals surface area contributed by atoms with Crippen LogP contribution in [0.3, 0.4) is 0 Å². The molecular formula is C18H15FN4O2. The number of urea groups is 1. The Bertz CT molecular complexity index is 884. The second-order valence-electron chi connectivity index (χ2n) is 5.24. The maximum absolute atomic E-state index is 13.5. The number of rotatable bonds is 4. The number of para-hydroxylation sites is 1. The topological polar surface area (TPSA) is 76.1 Å². The van der Waals surface area contributed by atoms with Crippen molar-refractivity contribution in [1.82, 2.24) is 9.97 Å². The molecule has 0 bridgehead atoms. The normalized spacial score (nSPS) is 10.2. The van der Waals surface area contributed by atoms with Gasteiger partial charge in [0.2, 0.25) is 0 Å². The second-order valence-corrected chi connectivity index (χ2v) is 5.24. The van der Waals surface area contributed by atoms with Gasteiger partial charge >= 0.3 is 12.0 Å². The van der Waals surface area contributed by atoms with Crippen molar-refractivity contribution >= 4 is 17.4 Å². The van der Waals surface area contributed by atoms with Gasteiger partial charge in [-0.3, -0.25) is 0 Å². The Kier molecular flexibility index (Phi) is 4.84. The summed E-state index contributed by atoms with van der Waals surface area (Å²) in [4.78, 5) is 19.8. The lowest BCUT2D eigenvalue weighted by Crippen LogP contribution is -2.19. The van der Waals surface area contributed by atoms with Crippen molar-refractivity contribution < 1.29 is 13.9 Å². The monoisotopic (exact) mass is 338 g/mol. The Hall–Kier alpha value is -3.48. The van der Waals surface area contributed by atoms with Gasteiger partial charge in [0.1, 0.15) is 0 Å². The molecule has 0 saturated heterocycles. The minimum absolute atomic E-state index is 0.0188. The first-order chi connectivity index (χ1) is 12.1. The Morgan fingerprint density at radius 2 is 1.72 bits per heavy atom. The van der Waals surface area contributed by atoms with Gasteiger partial charge in [0, 0.05) is 5.69 Å². The number of amides is 2. The van der Waals surface area contributed by atoms with E-state index in [1.54, 1.807) is 18.2 Å². The molecule has 0 atom stereocenters. The molecule has 0 radical (unpaired) electrons. The fraction of sp³-hybridized carbons (Fsp3) is 0.0556. The van der Waals surface area contributed by atoms with E-state index in [0.717, 1.165) is 5.56 Å². The summed E-state index contributed by atoms with van der Waals surface area (Å²) in [5, 5.41) is 5.31. The lowest BCUT2D eigenvalue weighted by Gasteiger charge is -2.08. The molecule has 0 saturated carbocycles. The molecule has 0 fully saturated rings. The highest BCUT2D eigenvalue weighted by molar-refractivity contribution is 5.99. The Morgan fingerprint density at radius 1 is 1.00 bits per heavy atom. The SMILES string of the molecule is Cc1cccc(NC(=O)Nc2cnc(Oc3ccccc3F)nc2)c1. The molecule has 2 N–H and O–H groups in total. The average molecular weight is 338 g/mol. The largest absolute Gasteiger partial charge is 0.421 e. The van der Waals surface area contributed by atoms with Crippen molar-refractivity contribution in [3.63, 3.8) is 0 Å². The number of anilines is 2. The number of carbonyl (C=O) groups excluding carboxylic acids is 1. The van der Waals surface area contributed by atoms with E-state index in [4.69, 9.17) is 4.74 Å². The highest BCUT2D eigenvalue weighted by Gasteiger charge is 2.07. The van der Waals surface area contributed by atoms with E-state index in [1.807, 2.05) is 25.1 Å². The molecule has 7 heteroatoms. The van der Waals surface area contributed by atoms with Crippen LogP contribution in [0.15, 0.2) is 60.9 Å². The molecule has 126 valence electrons. The van der Waals surface area contributed by atoms with Gasteiger partial charge in [0.05, 0.1) is 18.1 Å². The number of halogens is 1. The van der Waals surface area contributed by atoms with Gasteiger partial charge in [0.15, 0.2) is 11.6 Å². The molecule has 0 aliphatic carbocycles. The van der Waals surface area contributed by atoms with Crippen LogP contribution in [-0.4, -0.2) is 16.0 Å². The number of hydrogen-bond acceptors (Lipinski definition) is 4. The maximum Gasteiger partial charge on any atom is 0.323 e. The predicted molar refractivity (Wildman–Crippen MR) is 92.3 cm³/mol. The van der Waals surface area contributed by atoms with Crippen molar-refractivity contribution in [2.45, 2.75) is 6.92 Å². The average Bonchev–Trinajstić information content (AvgIpc) is 2.58. The van der Waals surface area contributed by atoms with Gasteiger partial charge in [0.25, 0.3) is 0 Å². The number of hydrogen-bond donors (Lipinski definition) is 2. The Balaban J connectivity index is 1.60. The highest BCUT2D eigenvalue weighted by Crippen LogP contribution is 2.21. The van der Waals surface area contributed by atoms with Crippen molar-refractivity contribution in [3.05, 3.63) is 72.3 Å². The van der Waals surface area contributed by atoms with Crippen LogP contribution in [0.1, 0.15) is 5.56 Å². The molecule has 0 aliphatic rings. The fourth-order valence-corrected chi connectivity index (χ4v) is 2.08. The molecule has 2 aromatic carbocycles. The molecule has 0 spiro atoms. The minimum Gasteiger partial charge on any atom is -0.421 e. The second kappa shape index (κ2) is 7.39. The highest BCUT2D eigenvalue weighted by atomic mass is 19.1. The first kappa shape index (κ1) is 16.4.